The molecule has 32 heavy (non-hydrogen) atoms. The van der Waals surface area contributed by atoms with Gasteiger partial charge in [0, 0.05) is 36.2 Å². The molecule has 5 heteroatoms. The molecular formula is C27H30N4O. The SMILES string of the molecule is Cc1ccc2c(c1)Cc1cc(NC(=O)Nc3ccc(N4CCC(N(C)C)C4)cc3)ccc1-2. The van der Waals surface area contributed by atoms with Crippen LogP contribution >= 0.6 is 0 Å². The Hall–Kier alpha value is -3.31. The number of amides is 2. The first-order valence-electron chi connectivity index (χ1n) is 11.3. The number of likely N-dealkylation sites (N-methyl/N-ethyl adjacent to an activating group) is 1. The van der Waals surface area contributed by atoms with Gasteiger partial charge in [0.1, 0.15) is 0 Å². The van der Waals surface area contributed by atoms with Crippen molar-refractivity contribution in [3.63, 3.8) is 0 Å². The predicted molar refractivity (Wildman–Crippen MR) is 133 cm³/mol. The highest BCUT2D eigenvalue weighted by Gasteiger charge is 2.24. The van der Waals surface area contributed by atoms with Gasteiger partial charge in [-0.1, -0.05) is 29.8 Å². The van der Waals surface area contributed by atoms with E-state index in [1.54, 1.807) is 0 Å². The molecule has 0 radical (unpaired) electrons. The zero-order valence-electron chi connectivity index (χ0n) is 19.0. The van der Waals surface area contributed by atoms with Crippen molar-refractivity contribution in [2.45, 2.75) is 25.8 Å². The van der Waals surface area contributed by atoms with Crippen LogP contribution in [0.25, 0.3) is 11.1 Å². The predicted octanol–water partition coefficient (Wildman–Crippen LogP) is 5.35. The number of rotatable bonds is 4. The Bertz CT molecular complexity index is 1150. The van der Waals surface area contributed by atoms with E-state index in [9.17, 15) is 4.79 Å². The van der Waals surface area contributed by atoms with E-state index in [1.165, 1.54) is 39.9 Å². The van der Waals surface area contributed by atoms with Gasteiger partial charge in [0.2, 0.25) is 0 Å². The maximum Gasteiger partial charge on any atom is 0.323 e. The molecule has 2 amide bonds. The second-order valence-electron chi connectivity index (χ2n) is 9.19. The van der Waals surface area contributed by atoms with Crippen LogP contribution in [0.5, 0.6) is 0 Å². The molecule has 0 aromatic heterocycles. The van der Waals surface area contributed by atoms with E-state index in [4.69, 9.17) is 0 Å². The van der Waals surface area contributed by atoms with Gasteiger partial charge >= 0.3 is 6.03 Å². The van der Waals surface area contributed by atoms with Crippen LogP contribution in [0.15, 0.2) is 60.7 Å². The molecule has 0 spiro atoms. The molecule has 0 saturated carbocycles. The number of aryl methyl sites for hydroxylation is 1. The summed E-state index contributed by atoms with van der Waals surface area (Å²) in [5, 5.41) is 5.93. The number of carbonyl (C=O) groups excluding carboxylic acids is 1. The lowest BCUT2D eigenvalue weighted by molar-refractivity contribution is 0.262. The number of nitrogens with zero attached hydrogens (tertiary/aromatic N) is 2. The fourth-order valence-corrected chi connectivity index (χ4v) is 4.86. The van der Waals surface area contributed by atoms with Crippen molar-refractivity contribution in [2.24, 2.45) is 0 Å². The number of benzene rings is 3. The lowest BCUT2D eigenvalue weighted by atomic mass is 10.0. The van der Waals surface area contributed by atoms with E-state index in [0.29, 0.717) is 6.04 Å². The van der Waals surface area contributed by atoms with E-state index < -0.39 is 0 Å². The van der Waals surface area contributed by atoms with Crippen molar-refractivity contribution in [1.29, 1.82) is 0 Å². The van der Waals surface area contributed by atoms with Crippen LogP contribution in [0.4, 0.5) is 21.9 Å². The Morgan fingerprint density at radius 2 is 1.56 bits per heavy atom. The maximum atomic E-state index is 12.6. The van der Waals surface area contributed by atoms with Gasteiger partial charge in [-0.2, -0.15) is 0 Å². The first-order valence-corrected chi connectivity index (χ1v) is 11.3. The molecule has 5 rings (SSSR count). The first kappa shape index (κ1) is 20.6. The molecule has 2 N–H and O–H groups in total. The van der Waals surface area contributed by atoms with Crippen molar-refractivity contribution in [1.82, 2.24) is 4.90 Å². The maximum absolute atomic E-state index is 12.6. The van der Waals surface area contributed by atoms with Gasteiger partial charge in [0.15, 0.2) is 0 Å². The van der Waals surface area contributed by atoms with Gasteiger partial charge in [0.25, 0.3) is 0 Å². The second kappa shape index (κ2) is 8.32. The van der Waals surface area contributed by atoms with Gasteiger partial charge < -0.3 is 20.4 Å². The quantitative estimate of drug-likeness (QED) is 0.462. The minimum atomic E-state index is -0.224. The zero-order chi connectivity index (χ0) is 22.2. The highest BCUT2D eigenvalue weighted by atomic mass is 16.2. The van der Waals surface area contributed by atoms with Crippen molar-refractivity contribution in [3.05, 3.63) is 77.4 Å². The Labute approximate surface area is 190 Å². The molecule has 1 unspecified atom stereocenters. The minimum absolute atomic E-state index is 0.224. The third-order valence-corrected chi connectivity index (χ3v) is 6.68. The average molecular weight is 427 g/mol. The fourth-order valence-electron chi connectivity index (χ4n) is 4.86. The Balaban J connectivity index is 1.20. The summed E-state index contributed by atoms with van der Waals surface area (Å²) in [5.74, 6) is 0. The standard InChI is InChI=1S/C27H30N4O/c1-18-4-10-25-19(14-18)15-20-16-22(7-11-26(20)25)29-27(32)28-21-5-8-23(9-6-21)31-13-12-24(17-31)30(2)3/h4-11,14,16,24H,12-13,15,17H2,1-3H3,(H2,28,29,32). The molecule has 1 saturated heterocycles. The normalized spacial score (nSPS) is 16.8. The van der Waals surface area contributed by atoms with Crippen molar-refractivity contribution < 1.29 is 4.79 Å². The summed E-state index contributed by atoms with van der Waals surface area (Å²) >= 11 is 0. The number of anilines is 3. The number of nitrogens with one attached hydrogen (secondary N) is 2. The van der Waals surface area contributed by atoms with E-state index in [-0.39, 0.29) is 6.03 Å². The van der Waals surface area contributed by atoms with Crippen LogP contribution < -0.4 is 15.5 Å². The highest BCUT2D eigenvalue weighted by molar-refractivity contribution is 6.00. The highest BCUT2D eigenvalue weighted by Crippen LogP contribution is 2.38. The molecule has 1 aliphatic carbocycles. The summed E-state index contributed by atoms with van der Waals surface area (Å²) in [7, 11) is 4.28. The van der Waals surface area contributed by atoms with Crippen molar-refractivity contribution >= 4 is 23.1 Å². The van der Waals surface area contributed by atoms with Crippen LogP contribution in [0.1, 0.15) is 23.1 Å². The van der Waals surface area contributed by atoms with Gasteiger partial charge in [0.05, 0.1) is 0 Å². The van der Waals surface area contributed by atoms with E-state index in [2.05, 4.69) is 83.9 Å². The third-order valence-electron chi connectivity index (χ3n) is 6.68. The molecular weight excluding hydrogens is 396 g/mol. The van der Waals surface area contributed by atoms with Gasteiger partial charge in [-0.05, 0) is 92.5 Å². The molecule has 1 fully saturated rings. The molecule has 1 atom stereocenters. The number of urea groups is 1. The smallest absolute Gasteiger partial charge is 0.323 e. The van der Waals surface area contributed by atoms with E-state index in [0.717, 1.165) is 30.9 Å². The fraction of sp³-hybridized carbons (Fsp3) is 0.296. The largest absolute Gasteiger partial charge is 0.370 e. The number of fused-ring (bicyclic) bond motifs is 3. The first-order chi connectivity index (χ1) is 15.5. The molecule has 164 valence electrons. The Kier molecular flexibility index (Phi) is 5.35. The van der Waals surface area contributed by atoms with Crippen LogP contribution in [-0.2, 0) is 6.42 Å². The second-order valence-corrected chi connectivity index (χ2v) is 9.19. The minimum Gasteiger partial charge on any atom is -0.370 e. The summed E-state index contributed by atoms with van der Waals surface area (Å²) in [6.07, 6.45) is 2.09. The lowest BCUT2D eigenvalue weighted by Gasteiger charge is -2.22. The van der Waals surface area contributed by atoms with Crippen LogP contribution in [0, 0.1) is 6.92 Å². The summed E-state index contributed by atoms with van der Waals surface area (Å²) in [6.45, 7) is 4.23. The van der Waals surface area contributed by atoms with E-state index in [1.807, 2.05) is 18.2 Å². The summed E-state index contributed by atoms with van der Waals surface area (Å²) in [4.78, 5) is 17.3. The number of hydrogen-bond donors (Lipinski definition) is 2. The zero-order valence-corrected chi connectivity index (χ0v) is 19.0. The van der Waals surface area contributed by atoms with Gasteiger partial charge in [-0.25, -0.2) is 4.79 Å². The third kappa shape index (κ3) is 4.08. The summed E-state index contributed by atoms with van der Waals surface area (Å²) in [6, 6.07) is 21.3. The van der Waals surface area contributed by atoms with Crippen LogP contribution in [0.2, 0.25) is 0 Å². The molecule has 1 aliphatic heterocycles. The molecule has 3 aromatic rings. The lowest BCUT2D eigenvalue weighted by Crippen LogP contribution is -2.31. The Morgan fingerprint density at radius 3 is 2.28 bits per heavy atom. The van der Waals surface area contributed by atoms with Crippen LogP contribution in [0.3, 0.4) is 0 Å². The van der Waals surface area contributed by atoms with Gasteiger partial charge in [-0.15, -0.1) is 0 Å². The molecule has 3 aromatic carbocycles. The number of hydrogen-bond acceptors (Lipinski definition) is 3. The van der Waals surface area contributed by atoms with Crippen LogP contribution in [-0.4, -0.2) is 44.2 Å². The molecule has 5 nitrogen and oxygen atoms in total. The average Bonchev–Trinajstić information content (AvgIpc) is 3.38. The van der Waals surface area contributed by atoms with Crippen molar-refractivity contribution in [3.8, 4) is 11.1 Å². The molecule has 2 aliphatic rings. The van der Waals surface area contributed by atoms with E-state index >= 15 is 0 Å². The molecule has 1 heterocycles. The summed E-state index contributed by atoms with van der Waals surface area (Å²) in [5.41, 5.74) is 9.27. The van der Waals surface area contributed by atoms with Gasteiger partial charge in [-0.3, -0.25) is 0 Å². The Morgan fingerprint density at radius 1 is 0.906 bits per heavy atom. The monoisotopic (exact) mass is 426 g/mol. The van der Waals surface area contributed by atoms with Crippen molar-refractivity contribution in [2.75, 3.05) is 42.7 Å². The topological polar surface area (TPSA) is 47.6 Å². The summed E-state index contributed by atoms with van der Waals surface area (Å²) < 4.78 is 0. The molecule has 0 bridgehead atoms. The number of carbonyl (C=O) groups is 1.